The zero-order valence-corrected chi connectivity index (χ0v) is 26.2. The first-order valence-electron chi connectivity index (χ1n) is 16.3. The average Bonchev–Trinajstić information content (AvgIpc) is 3.69. The van der Waals surface area contributed by atoms with Crippen molar-refractivity contribution in [2.75, 3.05) is 0 Å². The molecule has 6 aromatic carbocycles. The molecule has 230 valence electrons. The topological polar surface area (TPSA) is 57.6 Å². The Morgan fingerprint density at radius 1 is 0.429 bits per heavy atom. The van der Waals surface area contributed by atoms with Crippen LogP contribution < -0.4 is 5.56 Å². The van der Waals surface area contributed by atoms with Crippen LogP contribution in [-0.2, 0) is 0 Å². The van der Waals surface area contributed by atoms with Crippen LogP contribution in [0.5, 0.6) is 0 Å². The number of para-hydroxylation sites is 5. The molecule has 0 amide bonds. The van der Waals surface area contributed by atoms with E-state index in [1.807, 2.05) is 108 Å². The summed E-state index contributed by atoms with van der Waals surface area (Å²) in [7, 11) is 0. The van der Waals surface area contributed by atoms with Crippen LogP contribution >= 0.6 is 0 Å². The molecule has 4 aromatic heterocycles. The maximum Gasteiger partial charge on any atom is 0.266 e. The number of nitrogens with zero attached hydrogens (tertiary/aromatic N) is 5. The van der Waals surface area contributed by atoms with Crippen LogP contribution in [0, 0.1) is 0 Å². The van der Waals surface area contributed by atoms with Crippen molar-refractivity contribution >= 4 is 54.6 Å². The summed E-state index contributed by atoms with van der Waals surface area (Å²) in [5, 5.41) is 4.43. The third-order valence-corrected chi connectivity index (χ3v) is 9.46. The molecule has 0 fully saturated rings. The van der Waals surface area contributed by atoms with E-state index in [2.05, 4.69) is 69.8 Å². The Hall–Kier alpha value is -6.79. The second-order valence-electron chi connectivity index (χ2n) is 12.2. The molecule has 0 saturated carbocycles. The van der Waals surface area contributed by atoms with E-state index in [0.29, 0.717) is 11.3 Å². The van der Waals surface area contributed by atoms with Gasteiger partial charge in [0.15, 0.2) is 0 Å². The Morgan fingerprint density at radius 3 is 1.61 bits per heavy atom. The fraction of sp³-hybridized carbons (Fsp3) is 0. The summed E-state index contributed by atoms with van der Waals surface area (Å²) in [6.07, 6.45) is 0. The van der Waals surface area contributed by atoms with Crippen LogP contribution in [-0.4, -0.2) is 23.7 Å². The lowest BCUT2D eigenvalue weighted by Gasteiger charge is -2.15. The molecule has 0 bridgehead atoms. The Kier molecular flexibility index (Phi) is 5.92. The van der Waals surface area contributed by atoms with Crippen LogP contribution in [0.2, 0.25) is 0 Å². The van der Waals surface area contributed by atoms with E-state index in [1.165, 1.54) is 0 Å². The van der Waals surface area contributed by atoms with Gasteiger partial charge in [-0.2, -0.15) is 0 Å². The van der Waals surface area contributed by atoms with Crippen molar-refractivity contribution < 1.29 is 0 Å². The van der Waals surface area contributed by atoms with E-state index in [9.17, 15) is 0 Å². The molecule has 0 aliphatic heterocycles. The number of hydrogen-bond acceptors (Lipinski definition) is 3. The van der Waals surface area contributed by atoms with Gasteiger partial charge in [-0.05, 0) is 42.5 Å². The molecule has 4 heterocycles. The lowest BCUT2D eigenvalue weighted by Crippen LogP contribution is -2.21. The maximum atomic E-state index is 15.3. The molecule has 0 radical (unpaired) electrons. The van der Waals surface area contributed by atoms with Crippen molar-refractivity contribution in [3.8, 4) is 28.6 Å². The molecule has 0 atom stereocenters. The number of rotatable bonds is 4. The zero-order chi connectivity index (χ0) is 32.5. The van der Waals surface area contributed by atoms with Crippen molar-refractivity contribution in [1.82, 2.24) is 23.7 Å². The van der Waals surface area contributed by atoms with Crippen molar-refractivity contribution in [2.45, 2.75) is 0 Å². The third kappa shape index (κ3) is 3.98. The Balaban J connectivity index is 1.48. The van der Waals surface area contributed by atoms with Crippen molar-refractivity contribution in [2.24, 2.45) is 0 Å². The normalized spacial score (nSPS) is 11.8. The highest BCUT2D eigenvalue weighted by Gasteiger charge is 2.27. The molecule has 0 unspecified atom stereocenters. The Morgan fingerprint density at radius 2 is 0.939 bits per heavy atom. The molecule has 6 heteroatoms. The predicted molar refractivity (Wildman–Crippen MR) is 199 cm³/mol. The fourth-order valence-electron chi connectivity index (χ4n) is 7.42. The van der Waals surface area contributed by atoms with Gasteiger partial charge < -0.3 is 0 Å². The Labute approximate surface area is 280 Å². The summed E-state index contributed by atoms with van der Waals surface area (Å²) < 4.78 is 6.18. The second-order valence-corrected chi connectivity index (χ2v) is 12.2. The quantitative estimate of drug-likeness (QED) is 0.195. The molecule has 10 aromatic rings. The first-order chi connectivity index (χ1) is 24.3. The van der Waals surface area contributed by atoms with Crippen molar-refractivity contribution in [3.63, 3.8) is 0 Å². The molecular weight excluding hydrogens is 603 g/mol. The fourth-order valence-corrected chi connectivity index (χ4v) is 7.42. The standard InChI is InChI=1S/C43H27N5O/c49-42-38-33-24-12-15-27-36(33)48(43-44-34-25-13-10-22-31(34)39(45-43)28-16-4-1-5-17-28)40(38)37-32-23-11-14-26-35(32)46(29-18-6-2-7-19-29)41(37)47(42)30-20-8-3-9-21-30/h1-27H. The summed E-state index contributed by atoms with van der Waals surface area (Å²) in [5.74, 6) is 0.512. The van der Waals surface area contributed by atoms with Gasteiger partial charge in [-0.25, -0.2) is 9.97 Å². The minimum atomic E-state index is -0.104. The summed E-state index contributed by atoms with van der Waals surface area (Å²) in [4.78, 5) is 25.8. The lowest BCUT2D eigenvalue weighted by atomic mass is 10.1. The van der Waals surface area contributed by atoms with E-state index in [1.54, 1.807) is 0 Å². The van der Waals surface area contributed by atoms with Crippen LogP contribution in [0.1, 0.15) is 0 Å². The van der Waals surface area contributed by atoms with Crippen molar-refractivity contribution in [1.29, 1.82) is 0 Å². The highest BCUT2D eigenvalue weighted by molar-refractivity contribution is 6.25. The largest absolute Gasteiger partial charge is 0.295 e. The van der Waals surface area contributed by atoms with Crippen LogP contribution in [0.3, 0.4) is 0 Å². The van der Waals surface area contributed by atoms with Gasteiger partial charge in [0.1, 0.15) is 5.65 Å². The van der Waals surface area contributed by atoms with Gasteiger partial charge in [0.2, 0.25) is 5.95 Å². The summed E-state index contributed by atoms with van der Waals surface area (Å²) in [5.41, 5.74) is 7.77. The zero-order valence-electron chi connectivity index (χ0n) is 26.2. The first-order valence-corrected chi connectivity index (χ1v) is 16.3. The monoisotopic (exact) mass is 629 g/mol. The van der Waals surface area contributed by atoms with Gasteiger partial charge in [-0.3, -0.25) is 18.5 Å². The second kappa shape index (κ2) is 10.6. The summed E-state index contributed by atoms with van der Waals surface area (Å²) in [6.45, 7) is 0. The van der Waals surface area contributed by atoms with Crippen LogP contribution in [0.15, 0.2) is 169 Å². The van der Waals surface area contributed by atoms with E-state index in [0.717, 1.165) is 71.9 Å². The third-order valence-electron chi connectivity index (χ3n) is 9.46. The minimum Gasteiger partial charge on any atom is -0.295 e. The number of aromatic nitrogens is 5. The smallest absolute Gasteiger partial charge is 0.266 e. The number of pyridine rings is 1. The highest BCUT2D eigenvalue weighted by Crippen LogP contribution is 2.41. The average molecular weight is 630 g/mol. The van der Waals surface area contributed by atoms with E-state index in [4.69, 9.17) is 9.97 Å². The number of fused-ring (bicyclic) bond motifs is 8. The van der Waals surface area contributed by atoms with Gasteiger partial charge in [0, 0.05) is 27.4 Å². The van der Waals surface area contributed by atoms with Gasteiger partial charge >= 0.3 is 0 Å². The Bertz CT molecular complexity index is 2940. The molecule has 49 heavy (non-hydrogen) atoms. The molecule has 6 nitrogen and oxygen atoms in total. The summed E-state index contributed by atoms with van der Waals surface area (Å²) in [6, 6.07) is 55.0. The molecule has 0 aliphatic carbocycles. The molecule has 0 N–H and O–H groups in total. The lowest BCUT2D eigenvalue weighted by molar-refractivity contribution is 0.989. The molecular formula is C43H27N5O. The number of benzene rings is 6. The van der Waals surface area contributed by atoms with Crippen LogP contribution in [0.4, 0.5) is 0 Å². The minimum absolute atomic E-state index is 0.104. The molecule has 0 aliphatic rings. The maximum absolute atomic E-state index is 15.3. The van der Waals surface area contributed by atoms with Gasteiger partial charge in [-0.15, -0.1) is 0 Å². The van der Waals surface area contributed by atoms with Crippen molar-refractivity contribution in [3.05, 3.63) is 174 Å². The van der Waals surface area contributed by atoms with Crippen LogP contribution in [0.25, 0.3) is 83.2 Å². The van der Waals surface area contributed by atoms with Gasteiger partial charge in [0.05, 0.1) is 44.2 Å². The van der Waals surface area contributed by atoms with E-state index < -0.39 is 0 Å². The van der Waals surface area contributed by atoms with E-state index in [-0.39, 0.29) is 5.56 Å². The summed E-state index contributed by atoms with van der Waals surface area (Å²) >= 11 is 0. The molecule has 0 saturated heterocycles. The van der Waals surface area contributed by atoms with E-state index >= 15 is 4.79 Å². The van der Waals surface area contributed by atoms with Gasteiger partial charge in [-0.1, -0.05) is 121 Å². The molecule has 0 spiro atoms. The predicted octanol–water partition coefficient (Wildman–Crippen LogP) is 9.64. The number of hydrogen-bond donors (Lipinski definition) is 0. The first kappa shape index (κ1) is 27.3. The SMILES string of the molecule is O=c1c2c3ccccc3n(-c3nc(-c4ccccc4)c4ccccc4n3)c2c2c3ccccc3n(-c3ccccc3)c2n1-c1ccccc1. The van der Waals surface area contributed by atoms with Gasteiger partial charge in [0.25, 0.3) is 5.56 Å². The highest BCUT2D eigenvalue weighted by atomic mass is 16.1. The molecule has 10 rings (SSSR count).